The van der Waals surface area contributed by atoms with E-state index < -0.39 is 11.9 Å². The molecule has 4 aromatic heterocycles. The molecule has 11 nitrogen and oxygen atoms in total. The van der Waals surface area contributed by atoms with E-state index in [-0.39, 0.29) is 13.2 Å². The Kier molecular flexibility index (Phi) is 13.3. The lowest BCUT2D eigenvalue weighted by molar-refractivity contribution is -0.142. The number of hydrogen-bond donors (Lipinski definition) is 2. The summed E-state index contributed by atoms with van der Waals surface area (Å²) in [7, 11) is 0. The standard InChI is InChI=1S/C67H61N7O4/c1-36-24-39(4)61(40(5)25-36)65-54-18-16-52(68-54)64(50-14-12-49(13-15-50)60-33-74(73-72-60)51-31-47(34-77-45(10)75)30-48(32-51)35-78-46(11)76)53-17-19-55(69-53)66(62-41(6)26-37(2)27-42(62)7)57-21-23-59(71-57)67(58-22-20-56(65)70-58)63-43(8)28-38(3)29-44(63)9/h12-33,68,71H,34-35H2,1-11H3. The summed E-state index contributed by atoms with van der Waals surface area (Å²) in [5.41, 5.74) is 29.9. The van der Waals surface area contributed by atoms with Gasteiger partial charge in [0.1, 0.15) is 18.9 Å². The van der Waals surface area contributed by atoms with Crippen molar-refractivity contribution in [2.75, 3.05) is 0 Å². The van der Waals surface area contributed by atoms with Crippen molar-refractivity contribution in [3.63, 3.8) is 0 Å². The molecule has 11 heteroatoms. The predicted octanol–water partition coefficient (Wildman–Crippen LogP) is 15.5. The molecule has 2 aliphatic rings. The second-order valence-electron chi connectivity index (χ2n) is 21.0. The highest BCUT2D eigenvalue weighted by molar-refractivity contribution is 6.01. The molecule has 0 spiro atoms. The molecular formula is C67H61N7O4. The summed E-state index contributed by atoms with van der Waals surface area (Å²) in [6.45, 7) is 22.5. The van der Waals surface area contributed by atoms with Gasteiger partial charge in [0.2, 0.25) is 0 Å². The van der Waals surface area contributed by atoms with Crippen LogP contribution in [0.2, 0.25) is 0 Å². The molecule has 0 unspecified atom stereocenters. The number of hydrogen-bond acceptors (Lipinski definition) is 8. The van der Waals surface area contributed by atoms with Gasteiger partial charge >= 0.3 is 11.9 Å². The Morgan fingerprint density at radius 3 is 1.15 bits per heavy atom. The summed E-state index contributed by atoms with van der Waals surface area (Å²) < 4.78 is 12.3. The van der Waals surface area contributed by atoms with Crippen molar-refractivity contribution in [3.8, 4) is 61.5 Å². The van der Waals surface area contributed by atoms with Crippen LogP contribution in [0.15, 0.2) is 109 Å². The molecular weight excluding hydrogens is 967 g/mol. The van der Waals surface area contributed by atoms with E-state index in [1.165, 1.54) is 63.9 Å². The first-order valence-electron chi connectivity index (χ1n) is 26.3. The molecule has 0 radical (unpaired) electrons. The lowest BCUT2D eigenvalue weighted by Gasteiger charge is -2.14. The molecule has 11 rings (SSSR count). The van der Waals surface area contributed by atoms with E-state index in [9.17, 15) is 9.59 Å². The molecule has 9 aromatic rings. The van der Waals surface area contributed by atoms with Crippen molar-refractivity contribution < 1.29 is 19.1 Å². The fourth-order valence-corrected chi connectivity index (χ4v) is 11.8. The lowest BCUT2D eigenvalue weighted by Crippen LogP contribution is -2.05. The van der Waals surface area contributed by atoms with Gasteiger partial charge in [-0.1, -0.05) is 82.6 Å². The highest BCUT2D eigenvalue weighted by Gasteiger charge is 2.23. The Bertz CT molecular complexity index is 4040. The fourth-order valence-electron chi connectivity index (χ4n) is 11.8. The summed E-state index contributed by atoms with van der Waals surface area (Å²) in [5, 5.41) is 9.11. The number of aromatic nitrogens is 7. The van der Waals surface area contributed by atoms with Crippen LogP contribution in [-0.2, 0) is 32.3 Å². The van der Waals surface area contributed by atoms with Gasteiger partial charge in [-0.25, -0.2) is 14.6 Å². The molecule has 78 heavy (non-hydrogen) atoms. The summed E-state index contributed by atoms with van der Waals surface area (Å²) >= 11 is 0. The van der Waals surface area contributed by atoms with Crippen molar-refractivity contribution in [2.45, 2.75) is 89.4 Å². The Morgan fingerprint density at radius 1 is 0.436 bits per heavy atom. The first-order chi connectivity index (χ1) is 37.5. The van der Waals surface area contributed by atoms with Crippen LogP contribution in [-0.4, -0.2) is 46.9 Å². The molecule has 0 aliphatic carbocycles. The highest BCUT2D eigenvalue weighted by atomic mass is 16.5. The highest BCUT2D eigenvalue weighted by Crippen LogP contribution is 2.42. The van der Waals surface area contributed by atoms with Gasteiger partial charge in [0.15, 0.2) is 0 Å². The van der Waals surface area contributed by atoms with Gasteiger partial charge in [-0.2, -0.15) is 0 Å². The minimum absolute atomic E-state index is 0.0567. The monoisotopic (exact) mass is 1030 g/mol. The van der Waals surface area contributed by atoms with Gasteiger partial charge in [-0.05, 0) is 196 Å². The van der Waals surface area contributed by atoms with Crippen LogP contribution in [0.5, 0.6) is 0 Å². The second kappa shape index (κ2) is 20.4. The minimum Gasteiger partial charge on any atom is -0.461 e. The smallest absolute Gasteiger partial charge is 0.302 e. The van der Waals surface area contributed by atoms with Gasteiger partial charge in [0, 0.05) is 63.7 Å². The Balaban J connectivity index is 1.16. The number of carbonyl (C=O) groups excluding carboxylic acids is 2. The van der Waals surface area contributed by atoms with Gasteiger partial charge in [0.25, 0.3) is 0 Å². The molecule has 0 saturated heterocycles. The number of rotatable bonds is 10. The summed E-state index contributed by atoms with van der Waals surface area (Å²) in [6.07, 6.45) is 10.5. The molecule has 2 N–H and O–H groups in total. The van der Waals surface area contributed by atoms with Crippen molar-refractivity contribution in [2.24, 2.45) is 0 Å². The van der Waals surface area contributed by atoms with Crippen LogP contribution in [0.3, 0.4) is 0 Å². The topological polar surface area (TPSA) is 141 Å². The number of nitrogens with one attached hydrogen (secondary N) is 2. The summed E-state index contributed by atoms with van der Waals surface area (Å²) in [6, 6.07) is 36.2. The molecule has 388 valence electrons. The van der Waals surface area contributed by atoms with Gasteiger partial charge < -0.3 is 19.4 Å². The molecule has 0 saturated carbocycles. The largest absolute Gasteiger partial charge is 0.461 e. The van der Waals surface area contributed by atoms with Crippen molar-refractivity contribution in [1.29, 1.82) is 0 Å². The third-order valence-electron chi connectivity index (χ3n) is 14.7. The third kappa shape index (κ3) is 9.79. The van der Waals surface area contributed by atoms with Crippen LogP contribution in [0, 0.1) is 62.3 Å². The normalized spacial score (nSPS) is 11.9. The predicted molar refractivity (Wildman–Crippen MR) is 315 cm³/mol. The number of aromatic amines is 2. The average Bonchev–Trinajstić information content (AvgIpc) is 4.44. The number of fused-ring (bicyclic) bond motifs is 8. The number of ether oxygens (including phenoxy) is 2. The van der Waals surface area contributed by atoms with Crippen molar-refractivity contribution in [1.82, 2.24) is 34.9 Å². The molecule has 6 heterocycles. The van der Waals surface area contributed by atoms with Crippen LogP contribution < -0.4 is 0 Å². The number of esters is 2. The lowest BCUT2D eigenvalue weighted by atomic mass is 9.92. The van der Waals surface area contributed by atoms with Gasteiger partial charge in [-0.3, -0.25) is 9.59 Å². The quantitative estimate of drug-likeness (QED) is 0.129. The van der Waals surface area contributed by atoms with E-state index in [1.54, 1.807) is 4.68 Å². The van der Waals surface area contributed by atoms with E-state index >= 15 is 0 Å². The van der Waals surface area contributed by atoms with E-state index in [0.717, 1.165) is 106 Å². The van der Waals surface area contributed by atoms with E-state index in [0.29, 0.717) is 11.4 Å². The Labute approximate surface area is 454 Å². The molecule has 0 atom stereocenters. The fraction of sp³-hybridized carbons (Fsp3) is 0.194. The first-order valence-corrected chi connectivity index (χ1v) is 26.3. The summed E-state index contributed by atoms with van der Waals surface area (Å²) in [5.74, 6) is -0.793. The zero-order valence-electron chi connectivity index (χ0n) is 46.0. The zero-order chi connectivity index (χ0) is 54.7. The van der Waals surface area contributed by atoms with E-state index in [2.05, 4.69) is 192 Å². The van der Waals surface area contributed by atoms with Crippen LogP contribution in [0.25, 0.3) is 108 Å². The van der Waals surface area contributed by atoms with Crippen molar-refractivity contribution in [3.05, 3.63) is 193 Å². The van der Waals surface area contributed by atoms with E-state index in [4.69, 9.17) is 19.4 Å². The molecule has 2 aliphatic heterocycles. The third-order valence-corrected chi connectivity index (χ3v) is 14.7. The maximum atomic E-state index is 11.7. The number of carbonyl (C=O) groups is 2. The first kappa shape index (κ1) is 50.9. The maximum absolute atomic E-state index is 11.7. The minimum atomic E-state index is -0.397. The number of aryl methyl sites for hydroxylation is 9. The molecule has 0 fully saturated rings. The summed E-state index contributed by atoms with van der Waals surface area (Å²) in [4.78, 5) is 42.6. The van der Waals surface area contributed by atoms with E-state index in [1.807, 2.05) is 24.4 Å². The van der Waals surface area contributed by atoms with Gasteiger partial charge in [0.05, 0.1) is 34.7 Å². The Morgan fingerprint density at radius 2 is 0.782 bits per heavy atom. The zero-order valence-corrected chi connectivity index (χ0v) is 46.0. The van der Waals surface area contributed by atoms with Crippen molar-refractivity contribution >= 4 is 58.3 Å². The SMILES string of the molecule is CC(=O)OCc1cc(COC(C)=O)cc(-n2cc(-c3ccc(-c4c5nc(c(-c6c(C)cc(C)cc6C)c6ccc([nH]6)c(-c6c(C)cc(C)cc6C)c6nc(c(-c7c(C)cc(C)cc7C)c7ccc4[nH]7)C=C6)C=C5)cc3)nn2)c1. The second-order valence-corrected chi connectivity index (χ2v) is 21.0. The molecule has 0 amide bonds. The molecule has 8 bridgehead atoms. The number of H-pyrrole nitrogens is 2. The molecule has 5 aromatic carbocycles. The maximum Gasteiger partial charge on any atom is 0.302 e. The van der Waals surface area contributed by atoms with Crippen LogP contribution in [0.1, 0.15) is 97.8 Å². The number of nitrogens with zero attached hydrogens (tertiary/aromatic N) is 5. The van der Waals surface area contributed by atoms with Crippen LogP contribution in [0.4, 0.5) is 0 Å². The Hall–Kier alpha value is -9.22. The number of benzene rings is 5. The van der Waals surface area contributed by atoms with Crippen LogP contribution >= 0.6 is 0 Å². The average molecular weight is 1030 g/mol. The van der Waals surface area contributed by atoms with Gasteiger partial charge in [-0.15, -0.1) is 5.10 Å².